The molecule has 2 N–H and O–H groups in total. The van der Waals surface area contributed by atoms with Gasteiger partial charge in [-0.1, -0.05) is 31.2 Å². The highest BCUT2D eigenvalue weighted by atomic mass is 16.2. The molecule has 0 spiro atoms. The van der Waals surface area contributed by atoms with Gasteiger partial charge in [-0.25, -0.2) is 0 Å². The van der Waals surface area contributed by atoms with Gasteiger partial charge >= 0.3 is 0 Å². The number of hydrogen-bond acceptors (Lipinski definition) is 6. The van der Waals surface area contributed by atoms with E-state index < -0.39 is 23.8 Å². The van der Waals surface area contributed by atoms with E-state index in [1.807, 2.05) is 19.2 Å². The zero-order valence-electron chi connectivity index (χ0n) is 18.6. The summed E-state index contributed by atoms with van der Waals surface area (Å²) in [6, 6.07) is 13.0. The van der Waals surface area contributed by atoms with Gasteiger partial charge in [-0.3, -0.25) is 29.4 Å². The maximum absolute atomic E-state index is 13.2. The highest BCUT2D eigenvalue weighted by molar-refractivity contribution is 6.23. The van der Waals surface area contributed by atoms with Crippen LogP contribution in [0.2, 0.25) is 0 Å². The summed E-state index contributed by atoms with van der Waals surface area (Å²) in [6.45, 7) is 2.92. The lowest BCUT2D eigenvalue weighted by Crippen LogP contribution is -2.54. The van der Waals surface area contributed by atoms with E-state index in [9.17, 15) is 19.2 Å². The fourth-order valence-corrected chi connectivity index (χ4v) is 5.27. The molecule has 1 aliphatic carbocycles. The highest BCUT2D eigenvalue weighted by Crippen LogP contribution is 2.37. The number of carbonyl (C=O) groups excluding carboxylic acids is 4. The average molecular weight is 447 g/mol. The Kier molecular flexibility index (Phi) is 5.25. The molecule has 0 radical (unpaired) electrons. The van der Waals surface area contributed by atoms with Crippen molar-refractivity contribution < 1.29 is 19.2 Å². The summed E-state index contributed by atoms with van der Waals surface area (Å²) in [5.41, 5.74) is 4.01. The van der Waals surface area contributed by atoms with Gasteiger partial charge in [0, 0.05) is 19.2 Å². The van der Waals surface area contributed by atoms with Crippen LogP contribution in [-0.2, 0) is 16.0 Å². The standard InChI is InChI=1S/C25H26N4O4/c1-3-26-22-16-7-5-4-6-14(16)12-20(22)28(2)15-8-9-17-18(13-15)25(33)29(24(17)32)19-10-11-21(30)27-23(19)31/h4-9,13,19-20,22,26H,3,10-12H2,1-2H3,(H,27,30,31)/t19?,20-,22-/m1/s1. The number of anilines is 1. The quantitative estimate of drug-likeness (QED) is 0.680. The maximum Gasteiger partial charge on any atom is 0.262 e. The molecular formula is C25H26N4O4. The monoisotopic (exact) mass is 446 g/mol. The first kappa shape index (κ1) is 21.3. The number of amides is 4. The predicted octanol–water partition coefficient (Wildman–Crippen LogP) is 1.80. The lowest BCUT2D eigenvalue weighted by Gasteiger charge is -2.32. The molecule has 2 aromatic rings. The second-order valence-electron chi connectivity index (χ2n) is 8.79. The Hall–Kier alpha value is -3.52. The van der Waals surface area contributed by atoms with Crippen molar-refractivity contribution in [1.82, 2.24) is 15.5 Å². The van der Waals surface area contributed by atoms with Crippen molar-refractivity contribution >= 4 is 29.3 Å². The van der Waals surface area contributed by atoms with Crippen molar-refractivity contribution in [2.24, 2.45) is 0 Å². The van der Waals surface area contributed by atoms with E-state index in [1.54, 1.807) is 12.1 Å². The van der Waals surface area contributed by atoms with Crippen LogP contribution in [-0.4, -0.2) is 54.2 Å². The Labute approximate surface area is 191 Å². The van der Waals surface area contributed by atoms with E-state index >= 15 is 0 Å². The van der Waals surface area contributed by atoms with Crippen molar-refractivity contribution in [3.05, 3.63) is 64.7 Å². The second kappa shape index (κ2) is 8.12. The highest BCUT2D eigenvalue weighted by Gasteiger charge is 2.45. The Morgan fingerprint density at radius 1 is 1.06 bits per heavy atom. The molecule has 1 saturated heterocycles. The van der Waals surface area contributed by atoms with Crippen molar-refractivity contribution in [2.75, 3.05) is 18.5 Å². The first-order chi connectivity index (χ1) is 15.9. The molecule has 2 heterocycles. The van der Waals surface area contributed by atoms with Gasteiger partial charge < -0.3 is 10.2 Å². The molecule has 3 aliphatic rings. The van der Waals surface area contributed by atoms with Crippen molar-refractivity contribution in [3.63, 3.8) is 0 Å². The summed E-state index contributed by atoms with van der Waals surface area (Å²) in [7, 11) is 2.00. The number of piperidine rings is 1. The number of nitrogens with one attached hydrogen (secondary N) is 2. The zero-order valence-corrected chi connectivity index (χ0v) is 18.6. The predicted molar refractivity (Wildman–Crippen MR) is 122 cm³/mol. The minimum Gasteiger partial charge on any atom is -0.369 e. The van der Waals surface area contributed by atoms with E-state index in [2.05, 4.69) is 40.7 Å². The van der Waals surface area contributed by atoms with Gasteiger partial charge in [0.25, 0.3) is 11.8 Å². The average Bonchev–Trinajstić information content (AvgIpc) is 3.29. The molecule has 3 atom stereocenters. The molecule has 2 aromatic carbocycles. The largest absolute Gasteiger partial charge is 0.369 e. The topological polar surface area (TPSA) is 98.8 Å². The van der Waals surface area contributed by atoms with Crippen LogP contribution in [0.5, 0.6) is 0 Å². The number of carbonyl (C=O) groups is 4. The van der Waals surface area contributed by atoms with Gasteiger partial charge in [0.2, 0.25) is 11.8 Å². The van der Waals surface area contributed by atoms with Gasteiger partial charge in [0.05, 0.1) is 23.2 Å². The zero-order chi connectivity index (χ0) is 23.3. The first-order valence-corrected chi connectivity index (χ1v) is 11.3. The molecule has 0 saturated carbocycles. The number of fused-ring (bicyclic) bond motifs is 2. The Morgan fingerprint density at radius 2 is 1.82 bits per heavy atom. The van der Waals surface area contributed by atoms with Gasteiger partial charge in [0.15, 0.2) is 0 Å². The third kappa shape index (κ3) is 3.41. The molecule has 33 heavy (non-hydrogen) atoms. The van der Waals surface area contributed by atoms with Crippen LogP contribution in [0, 0.1) is 0 Å². The first-order valence-electron chi connectivity index (χ1n) is 11.3. The van der Waals surface area contributed by atoms with Crippen LogP contribution in [0.15, 0.2) is 42.5 Å². The SMILES string of the molecule is CCN[C@@H]1c2ccccc2C[C@H]1N(C)c1ccc2c(c1)C(=O)N(C1CCC(=O)NC1=O)C2=O. The molecule has 4 amide bonds. The molecule has 1 unspecified atom stereocenters. The smallest absolute Gasteiger partial charge is 0.262 e. The van der Waals surface area contributed by atoms with Crippen molar-refractivity contribution in [1.29, 1.82) is 0 Å². The van der Waals surface area contributed by atoms with Gasteiger partial charge in [-0.15, -0.1) is 0 Å². The van der Waals surface area contributed by atoms with Gasteiger partial charge in [0.1, 0.15) is 6.04 Å². The summed E-state index contributed by atoms with van der Waals surface area (Å²) in [4.78, 5) is 53.1. The number of benzene rings is 2. The number of nitrogens with zero attached hydrogens (tertiary/aromatic N) is 2. The van der Waals surface area contributed by atoms with E-state index in [0.29, 0.717) is 11.1 Å². The number of likely N-dealkylation sites (N-methyl/N-ethyl adjacent to an activating group) is 2. The number of imide groups is 2. The third-order valence-electron chi connectivity index (χ3n) is 6.96. The molecular weight excluding hydrogens is 420 g/mol. The van der Waals surface area contributed by atoms with E-state index in [1.165, 1.54) is 11.1 Å². The van der Waals surface area contributed by atoms with Crippen molar-refractivity contribution in [2.45, 2.75) is 44.3 Å². The molecule has 2 aliphatic heterocycles. The molecule has 1 fully saturated rings. The van der Waals surface area contributed by atoms with Crippen molar-refractivity contribution in [3.8, 4) is 0 Å². The van der Waals surface area contributed by atoms with E-state index in [4.69, 9.17) is 0 Å². The molecule has 5 rings (SSSR count). The second-order valence-corrected chi connectivity index (χ2v) is 8.79. The Morgan fingerprint density at radius 3 is 2.58 bits per heavy atom. The lowest BCUT2D eigenvalue weighted by molar-refractivity contribution is -0.136. The third-order valence-corrected chi connectivity index (χ3v) is 6.96. The minimum absolute atomic E-state index is 0.103. The van der Waals surface area contributed by atoms with Crippen LogP contribution in [0.3, 0.4) is 0 Å². The Bertz CT molecular complexity index is 1180. The maximum atomic E-state index is 13.2. The summed E-state index contributed by atoms with van der Waals surface area (Å²) >= 11 is 0. The van der Waals surface area contributed by atoms with Gasteiger partial charge in [-0.05, 0) is 48.7 Å². The van der Waals surface area contributed by atoms with Crippen LogP contribution in [0.25, 0.3) is 0 Å². The summed E-state index contributed by atoms with van der Waals surface area (Å²) in [5.74, 6) is -1.96. The van der Waals surface area contributed by atoms with E-state index in [-0.39, 0.29) is 30.8 Å². The van der Waals surface area contributed by atoms with Gasteiger partial charge in [-0.2, -0.15) is 0 Å². The number of hydrogen-bond donors (Lipinski definition) is 2. The van der Waals surface area contributed by atoms with Crippen LogP contribution >= 0.6 is 0 Å². The normalized spacial score (nSPS) is 24.1. The molecule has 0 bridgehead atoms. The fraction of sp³-hybridized carbons (Fsp3) is 0.360. The minimum atomic E-state index is -0.959. The Balaban J connectivity index is 1.43. The summed E-state index contributed by atoms with van der Waals surface area (Å²) in [5, 5.41) is 5.81. The lowest BCUT2D eigenvalue weighted by atomic mass is 10.0. The van der Waals surface area contributed by atoms with Crippen LogP contribution < -0.4 is 15.5 Å². The summed E-state index contributed by atoms with van der Waals surface area (Å²) < 4.78 is 0. The molecule has 8 nitrogen and oxygen atoms in total. The van der Waals surface area contributed by atoms with Crippen LogP contribution in [0.4, 0.5) is 5.69 Å². The summed E-state index contributed by atoms with van der Waals surface area (Å²) in [6.07, 6.45) is 1.12. The number of rotatable bonds is 5. The fourth-order valence-electron chi connectivity index (χ4n) is 5.27. The molecule has 170 valence electrons. The molecule has 8 heteroatoms. The van der Waals surface area contributed by atoms with Crippen LogP contribution in [0.1, 0.15) is 57.7 Å². The molecule has 0 aromatic heterocycles. The van der Waals surface area contributed by atoms with E-state index in [0.717, 1.165) is 23.6 Å².